The summed E-state index contributed by atoms with van der Waals surface area (Å²) in [4.78, 5) is 38.1. The van der Waals surface area contributed by atoms with E-state index in [9.17, 15) is 14.4 Å². The lowest BCUT2D eigenvalue weighted by atomic mass is 10.0. The Bertz CT molecular complexity index is 1200. The summed E-state index contributed by atoms with van der Waals surface area (Å²) in [6, 6.07) is 0. The number of hydrogen-bond acceptors (Lipinski definition) is 6. The van der Waals surface area contributed by atoms with Crippen LogP contribution in [-0.2, 0) is 28.6 Å². The zero-order chi connectivity index (χ0) is 47.9. The van der Waals surface area contributed by atoms with Crippen molar-refractivity contribution in [2.45, 2.75) is 290 Å². The van der Waals surface area contributed by atoms with Crippen LogP contribution in [0.25, 0.3) is 0 Å². The second kappa shape index (κ2) is 54.7. The number of carbonyl (C=O) groups is 3. The lowest BCUT2D eigenvalue weighted by molar-refractivity contribution is -0.167. The van der Waals surface area contributed by atoms with Gasteiger partial charge in [0, 0.05) is 19.3 Å². The van der Waals surface area contributed by atoms with E-state index in [0.29, 0.717) is 19.3 Å². The highest BCUT2D eigenvalue weighted by Gasteiger charge is 2.19. The maximum absolute atomic E-state index is 12.8. The van der Waals surface area contributed by atoms with E-state index in [4.69, 9.17) is 14.2 Å². The first kappa shape index (κ1) is 63.1. The van der Waals surface area contributed by atoms with Gasteiger partial charge < -0.3 is 14.2 Å². The number of esters is 3. The second-order valence-electron chi connectivity index (χ2n) is 18.8. The molecule has 0 aromatic rings. The van der Waals surface area contributed by atoms with Crippen molar-refractivity contribution in [2.24, 2.45) is 0 Å². The molecule has 0 spiro atoms. The summed E-state index contributed by atoms with van der Waals surface area (Å²) in [5.41, 5.74) is 0. The predicted octanol–water partition coefficient (Wildman–Crippen LogP) is 18.8. The molecule has 0 saturated heterocycles. The van der Waals surface area contributed by atoms with E-state index in [0.717, 1.165) is 89.9 Å². The van der Waals surface area contributed by atoms with Crippen molar-refractivity contribution in [1.82, 2.24) is 0 Å². The molecule has 0 bridgehead atoms. The summed E-state index contributed by atoms with van der Waals surface area (Å²) in [6.07, 6.45) is 67.7. The van der Waals surface area contributed by atoms with Crippen LogP contribution in [0.15, 0.2) is 60.8 Å². The number of allylic oxidation sites excluding steroid dienone is 10. The molecule has 0 heterocycles. The topological polar surface area (TPSA) is 78.9 Å². The van der Waals surface area contributed by atoms with E-state index >= 15 is 0 Å². The van der Waals surface area contributed by atoms with Crippen LogP contribution in [0.1, 0.15) is 284 Å². The second-order valence-corrected chi connectivity index (χ2v) is 18.8. The number of ether oxygens (including phenoxy) is 3. The van der Waals surface area contributed by atoms with Crippen molar-refractivity contribution < 1.29 is 28.6 Å². The Morgan fingerprint density at radius 1 is 0.303 bits per heavy atom. The van der Waals surface area contributed by atoms with Crippen LogP contribution in [0.4, 0.5) is 0 Å². The van der Waals surface area contributed by atoms with Gasteiger partial charge in [0.15, 0.2) is 6.10 Å². The van der Waals surface area contributed by atoms with Crippen LogP contribution in [0.5, 0.6) is 0 Å². The molecule has 0 amide bonds. The zero-order valence-corrected chi connectivity index (χ0v) is 43.7. The largest absolute Gasteiger partial charge is 0.462 e. The Hall–Kier alpha value is -2.89. The number of carbonyl (C=O) groups excluding carboxylic acids is 3. The fraction of sp³-hybridized carbons (Fsp3) is 0.783. The van der Waals surface area contributed by atoms with Crippen molar-refractivity contribution in [2.75, 3.05) is 13.2 Å². The molecule has 0 aromatic heterocycles. The van der Waals surface area contributed by atoms with Gasteiger partial charge in [0.05, 0.1) is 0 Å². The van der Waals surface area contributed by atoms with Crippen LogP contribution < -0.4 is 0 Å². The molecule has 0 fully saturated rings. The summed E-state index contributed by atoms with van der Waals surface area (Å²) in [5.74, 6) is -0.899. The normalized spacial score (nSPS) is 12.5. The van der Waals surface area contributed by atoms with Gasteiger partial charge in [-0.05, 0) is 89.9 Å². The first-order chi connectivity index (χ1) is 32.5. The third-order valence-electron chi connectivity index (χ3n) is 12.2. The van der Waals surface area contributed by atoms with Crippen LogP contribution in [-0.4, -0.2) is 37.2 Å². The van der Waals surface area contributed by atoms with Crippen LogP contribution in [0, 0.1) is 0 Å². The SMILES string of the molecule is CCCCC/C=C\C/C=C\C/C=C\CCCCCCC(=O)O[C@H](COC(=O)CCCCCCCCCCC/C=C\C/C=C\CCCCC)COC(=O)CCCCCCCCCCCCCC. The number of hydrogen-bond donors (Lipinski definition) is 0. The van der Waals surface area contributed by atoms with Crippen LogP contribution in [0.3, 0.4) is 0 Å². The molecule has 0 saturated carbocycles. The van der Waals surface area contributed by atoms with Crippen LogP contribution >= 0.6 is 0 Å². The van der Waals surface area contributed by atoms with Gasteiger partial charge in [-0.25, -0.2) is 0 Å². The minimum atomic E-state index is -0.786. The first-order valence-electron chi connectivity index (χ1n) is 28.3. The van der Waals surface area contributed by atoms with E-state index < -0.39 is 6.10 Å². The highest BCUT2D eigenvalue weighted by atomic mass is 16.6. The van der Waals surface area contributed by atoms with Gasteiger partial charge in [0.1, 0.15) is 13.2 Å². The van der Waals surface area contributed by atoms with Gasteiger partial charge in [-0.15, -0.1) is 0 Å². The summed E-state index contributed by atoms with van der Waals surface area (Å²) >= 11 is 0. The van der Waals surface area contributed by atoms with Crippen molar-refractivity contribution in [3.8, 4) is 0 Å². The lowest BCUT2D eigenvalue weighted by Gasteiger charge is -2.18. The third kappa shape index (κ3) is 52.1. The van der Waals surface area contributed by atoms with Crippen molar-refractivity contribution in [1.29, 1.82) is 0 Å². The van der Waals surface area contributed by atoms with Gasteiger partial charge in [-0.2, -0.15) is 0 Å². The van der Waals surface area contributed by atoms with Gasteiger partial charge in [0.25, 0.3) is 0 Å². The zero-order valence-electron chi connectivity index (χ0n) is 43.7. The fourth-order valence-electron chi connectivity index (χ4n) is 7.95. The Labute approximate surface area is 409 Å². The Morgan fingerprint density at radius 2 is 0.545 bits per heavy atom. The molecule has 6 heteroatoms. The Kier molecular flexibility index (Phi) is 52.3. The summed E-state index contributed by atoms with van der Waals surface area (Å²) < 4.78 is 16.8. The molecular weight excluding hydrogens is 817 g/mol. The van der Waals surface area contributed by atoms with Gasteiger partial charge in [0.2, 0.25) is 0 Å². The molecule has 0 aliphatic rings. The molecule has 1 atom stereocenters. The van der Waals surface area contributed by atoms with E-state index in [1.54, 1.807) is 0 Å². The molecule has 6 nitrogen and oxygen atoms in total. The quantitative estimate of drug-likeness (QED) is 0.0262. The molecule has 0 aliphatic carbocycles. The summed E-state index contributed by atoms with van der Waals surface area (Å²) in [6.45, 7) is 6.58. The molecule has 66 heavy (non-hydrogen) atoms. The third-order valence-corrected chi connectivity index (χ3v) is 12.2. The number of unbranched alkanes of at least 4 members (excludes halogenated alkanes) is 30. The van der Waals surface area contributed by atoms with Gasteiger partial charge in [-0.1, -0.05) is 236 Å². The average Bonchev–Trinajstić information content (AvgIpc) is 3.31. The fourth-order valence-corrected chi connectivity index (χ4v) is 7.95. The summed E-state index contributed by atoms with van der Waals surface area (Å²) in [5, 5.41) is 0. The molecule has 0 radical (unpaired) electrons. The summed E-state index contributed by atoms with van der Waals surface area (Å²) in [7, 11) is 0. The smallest absolute Gasteiger partial charge is 0.306 e. The van der Waals surface area contributed by atoms with E-state index in [1.165, 1.54) is 154 Å². The van der Waals surface area contributed by atoms with Gasteiger partial charge in [-0.3, -0.25) is 14.4 Å². The monoisotopic (exact) mass is 923 g/mol. The van der Waals surface area contributed by atoms with Crippen LogP contribution in [0.2, 0.25) is 0 Å². The molecule has 0 aromatic carbocycles. The van der Waals surface area contributed by atoms with E-state index in [-0.39, 0.29) is 31.1 Å². The number of rotatable bonds is 51. The van der Waals surface area contributed by atoms with E-state index in [2.05, 4.69) is 81.5 Å². The molecule has 382 valence electrons. The molecule has 0 rings (SSSR count). The molecular formula is C60H106O6. The molecule has 0 unspecified atom stereocenters. The minimum Gasteiger partial charge on any atom is -0.462 e. The maximum Gasteiger partial charge on any atom is 0.306 e. The highest BCUT2D eigenvalue weighted by molar-refractivity contribution is 5.71. The van der Waals surface area contributed by atoms with Crippen molar-refractivity contribution in [3.63, 3.8) is 0 Å². The first-order valence-corrected chi connectivity index (χ1v) is 28.3. The minimum absolute atomic E-state index is 0.0824. The maximum atomic E-state index is 12.8. The van der Waals surface area contributed by atoms with E-state index in [1.807, 2.05) is 0 Å². The molecule has 0 aliphatic heterocycles. The predicted molar refractivity (Wildman–Crippen MR) is 284 cm³/mol. The molecule has 0 N–H and O–H groups in total. The standard InChI is InChI=1S/C60H106O6/c1-4-7-10-13-16-19-22-25-27-29-30-32-33-35-38-41-44-47-50-53-59(62)65-56-57(55-64-58(61)52-49-46-43-40-37-24-21-18-15-12-9-6-3)66-60(63)54-51-48-45-42-39-36-34-31-28-26-23-20-17-14-11-8-5-2/h16-17,19-20,25-28,34,36,57H,4-15,18,21-24,29-33,35,37-56H2,1-3H3/b19-16-,20-17-,27-25-,28-26-,36-34-/t57-/m0/s1. The Morgan fingerprint density at radius 3 is 0.879 bits per heavy atom. The van der Waals surface area contributed by atoms with Crippen molar-refractivity contribution >= 4 is 17.9 Å². The average molecular weight is 924 g/mol. The van der Waals surface area contributed by atoms with Gasteiger partial charge >= 0.3 is 17.9 Å². The van der Waals surface area contributed by atoms with Crippen molar-refractivity contribution in [3.05, 3.63) is 60.8 Å². The Balaban J connectivity index is 4.38. The highest BCUT2D eigenvalue weighted by Crippen LogP contribution is 2.15. The lowest BCUT2D eigenvalue weighted by Crippen LogP contribution is -2.30.